The summed E-state index contributed by atoms with van der Waals surface area (Å²) in [4.78, 5) is 41.9. The number of pyridine rings is 1. The maximum absolute atomic E-state index is 12.4. The third-order valence-electron chi connectivity index (χ3n) is 4.02. The predicted molar refractivity (Wildman–Crippen MR) is 83.5 cm³/mol. The van der Waals surface area contributed by atoms with Crippen LogP contribution in [-0.2, 0) is 0 Å². The quantitative estimate of drug-likeness (QED) is 0.817. The van der Waals surface area contributed by atoms with Crippen molar-refractivity contribution in [1.29, 1.82) is 0 Å². The molecule has 0 aromatic carbocycles. The van der Waals surface area contributed by atoms with Crippen LogP contribution in [0.25, 0.3) is 0 Å². The van der Waals surface area contributed by atoms with E-state index < -0.39 is 5.91 Å². The summed E-state index contributed by atoms with van der Waals surface area (Å²) in [5.41, 5.74) is 5.34. The van der Waals surface area contributed by atoms with Gasteiger partial charge in [0.05, 0.1) is 6.54 Å². The van der Waals surface area contributed by atoms with E-state index in [2.05, 4.69) is 10.3 Å². The topological polar surface area (TPSA) is 118 Å². The average molecular weight is 333 g/mol. The van der Waals surface area contributed by atoms with Gasteiger partial charge >= 0.3 is 12.1 Å². The van der Waals surface area contributed by atoms with Gasteiger partial charge in [-0.15, -0.1) is 0 Å². The largest absolute Gasteiger partial charge is 0.488 e. The van der Waals surface area contributed by atoms with E-state index in [4.69, 9.17) is 10.5 Å². The minimum absolute atomic E-state index is 0.130. The monoisotopic (exact) mass is 333 g/mol. The molecule has 2 aliphatic rings. The summed E-state index contributed by atoms with van der Waals surface area (Å²) >= 11 is 0. The molecule has 9 heteroatoms. The lowest BCUT2D eigenvalue weighted by atomic mass is 10.1. The molecular formula is C15H19N5O4. The molecule has 3 heterocycles. The summed E-state index contributed by atoms with van der Waals surface area (Å²) in [5, 5.41) is 2.61. The summed E-state index contributed by atoms with van der Waals surface area (Å²) in [6.07, 6.45) is 2.80. The number of rotatable bonds is 3. The number of nitrogens with zero attached hydrogens (tertiary/aromatic N) is 3. The zero-order valence-electron chi connectivity index (χ0n) is 13.1. The zero-order valence-corrected chi connectivity index (χ0v) is 13.1. The Hall–Kier alpha value is -2.84. The van der Waals surface area contributed by atoms with Gasteiger partial charge in [-0.05, 0) is 18.9 Å². The maximum Gasteiger partial charge on any atom is 0.328 e. The van der Waals surface area contributed by atoms with Crippen molar-refractivity contribution < 1.29 is 19.1 Å². The summed E-state index contributed by atoms with van der Waals surface area (Å²) < 4.78 is 5.86. The number of piperidine rings is 1. The molecule has 0 aliphatic carbocycles. The number of primary amides is 1. The molecule has 1 atom stereocenters. The molecule has 0 bridgehead atoms. The highest BCUT2D eigenvalue weighted by molar-refractivity contribution is 5.95. The van der Waals surface area contributed by atoms with E-state index in [1.165, 1.54) is 17.2 Å². The van der Waals surface area contributed by atoms with E-state index in [1.807, 2.05) is 0 Å². The van der Waals surface area contributed by atoms with Crippen molar-refractivity contribution in [3.05, 3.63) is 24.0 Å². The van der Waals surface area contributed by atoms with E-state index in [0.29, 0.717) is 31.9 Å². The molecular weight excluding hydrogens is 314 g/mol. The second-order valence-electron chi connectivity index (χ2n) is 5.74. The van der Waals surface area contributed by atoms with Crippen molar-refractivity contribution in [3.63, 3.8) is 0 Å². The van der Waals surface area contributed by atoms with Gasteiger partial charge in [0.2, 0.25) is 0 Å². The van der Waals surface area contributed by atoms with Crippen molar-refractivity contribution in [1.82, 2.24) is 20.1 Å². The highest BCUT2D eigenvalue weighted by Crippen LogP contribution is 2.20. The zero-order chi connectivity index (χ0) is 17.1. The van der Waals surface area contributed by atoms with Crippen molar-refractivity contribution in [3.8, 4) is 5.75 Å². The third kappa shape index (κ3) is 3.39. The maximum atomic E-state index is 12.4. The normalized spacial score (nSPS) is 20.7. The number of hydrogen-bond acceptors (Lipinski definition) is 5. The van der Waals surface area contributed by atoms with Crippen LogP contribution >= 0.6 is 0 Å². The molecule has 9 nitrogen and oxygen atoms in total. The number of nitrogens with two attached hydrogens (primary N) is 1. The number of urea groups is 2. The minimum Gasteiger partial charge on any atom is -0.488 e. The molecule has 2 fully saturated rings. The van der Waals surface area contributed by atoms with Gasteiger partial charge in [0.1, 0.15) is 17.5 Å². The van der Waals surface area contributed by atoms with E-state index >= 15 is 0 Å². The predicted octanol–water partition coefficient (Wildman–Crippen LogP) is 0.169. The molecule has 3 rings (SSSR count). The van der Waals surface area contributed by atoms with Crippen LogP contribution in [0, 0.1) is 0 Å². The number of carbonyl (C=O) groups is 3. The molecule has 5 amide bonds. The number of aromatic nitrogens is 1. The lowest BCUT2D eigenvalue weighted by Crippen LogP contribution is -2.50. The Morgan fingerprint density at radius 2 is 2.21 bits per heavy atom. The van der Waals surface area contributed by atoms with E-state index in [1.54, 1.807) is 11.0 Å². The van der Waals surface area contributed by atoms with E-state index in [9.17, 15) is 14.4 Å². The third-order valence-corrected chi connectivity index (χ3v) is 4.02. The van der Waals surface area contributed by atoms with Gasteiger partial charge in [0.25, 0.3) is 5.91 Å². The Balaban J connectivity index is 1.63. The Bertz CT molecular complexity index is 665. The fourth-order valence-corrected chi connectivity index (χ4v) is 2.84. The Labute approximate surface area is 138 Å². The minimum atomic E-state index is -0.624. The van der Waals surface area contributed by atoms with Crippen molar-refractivity contribution in [2.45, 2.75) is 18.9 Å². The first-order chi connectivity index (χ1) is 11.5. The SMILES string of the molecule is NC(=O)c1cc(OC2CCCN(C(=O)N3CCNC3=O)C2)ccn1. The second-order valence-corrected chi connectivity index (χ2v) is 5.74. The van der Waals surface area contributed by atoms with Gasteiger partial charge in [0, 0.05) is 31.9 Å². The van der Waals surface area contributed by atoms with Gasteiger partial charge in [-0.2, -0.15) is 0 Å². The van der Waals surface area contributed by atoms with Crippen molar-refractivity contribution in [2.24, 2.45) is 5.73 Å². The van der Waals surface area contributed by atoms with Gasteiger partial charge in [-0.3, -0.25) is 9.78 Å². The number of amides is 5. The number of likely N-dealkylation sites (tertiary alicyclic amines) is 1. The van der Waals surface area contributed by atoms with Crippen molar-refractivity contribution in [2.75, 3.05) is 26.2 Å². The number of nitrogens with one attached hydrogen (secondary N) is 1. The fourth-order valence-electron chi connectivity index (χ4n) is 2.84. The molecule has 24 heavy (non-hydrogen) atoms. The fraction of sp³-hybridized carbons (Fsp3) is 0.467. The Kier molecular flexibility index (Phi) is 4.50. The number of hydrogen-bond donors (Lipinski definition) is 2. The van der Waals surface area contributed by atoms with Crippen LogP contribution in [0.2, 0.25) is 0 Å². The molecule has 1 unspecified atom stereocenters. The van der Waals surface area contributed by atoms with Gasteiger partial charge < -0.3 is 20.7 Å². The molecule has 1 aromatic heterocycles. The molecule has 0 saturated carbocycles. The van der Waals surface area contributed by atoms with Crippen molar-refractivity contribution >= 4 is 18.0 Å². The number of imide groups is 1. The van der Waals surface area contributed by atoms with E-state index in [-0.39, 0.29) is 23.9 Å². The first-order valence-corrected chi connectivity index (χ1v) is 7.81. The smallest absolute Gasteiger partial charge is 0.328 e. The van der Waals surface area contributed by atoms with Crippen LogP contribution in [0.15, 0.2) is 18.3 Å². The van der Waals surface area contributed by atoms with Crippen LogP contribution in [0.1, 0.15) is 23.3 Å². The van der Waals surface area contributed by atoms with Gasteiger partial charge in [-0.1, -0.05) is 0 Å². The van der Waals surface area contributed by atoms with Crippen LogP contribution in [0.3, 0.4) is 0 Å². The summed E-state index contributed by atoms with van der Waals surface area (Å²) in [7, 11) is 0. The highest BCUT2D eigenvalue weighted by atomic mass is 16.5. The second kappa shape index (κ2) is 6.73. The van der Waals surface area contributed by atoms with Crippen LogP contribution < -0.4 is 15.8 Å². The number of carbonyl (C=O) groups excluding carboxylic acids is 3. The molecule has 128 valence electrons. The highest BCUT2D eigenvalue weighted by Gasteiger charge is 2.33. The summed E-state index contributed by atoms with van der Waals surface area (Å²) in [6, 6.07) is 2.46. The average Bonchev–Trinajstić information content (AvgIpc) is 3.00. The van der Waals surface area contributed by atoms with Gasteiger partial charge in [0.15, 0.2) is 0 Å². The summed E-state index contributed by atoms with van der Waals surface area (Å²) in [5.74, 6) is -0.141. The Morgan fingerprint density at radius 1 is 1.38 bits per heavy atom. The van der Waals surface area contributed by atoms with Crippen LogP contribution in [0.5, 0.6) is 5.75 Å². The lowest BCUT2D eigenvalue weighted by Gasteiger charge is -2.34. The standard InChI is InChI=1S/C15H19N5O4/c16-13(21)12-8-10(3-4-17-12)24-11-2-1-6-19(9-11)15(23)20-7-5-18-14(20)22/h3-4,8,11H,1-2,5-7,9H2,(H2,16,21)(H,18,22). The molecule has 1 aromatic rings. The van der Waals surface area contributed by atoms with Crippen LogP contribution in [-0.4, -0.2) is 65.0 Å². The molecule has 0 radical (unpaired) electrons. The first kappa shape index (κ1) is 16.0. The first-order valence-electron chi connectivity index (χ1n) is 7.81. The van der Waals surface area contributed by atoms with E-state index in [0.717, 1.165) is 12.8 Å². The molecule has 0 spiro atoms. The summed E-state index contributed by atoms with van der Waals surface area (Å²) in [6.45, 7) is 1.83. The lowest BCUT2D eigenvalue weighted by molar-refractivity contribution is 0.0907. The van der Waals surface area contributed by atoms with Gasteiger partial charge in [-0.25, -0.2) is 14.5 Å². The molecule has 3 N–H and O–H groups in total. The number of ether oxygens (including phenoxy) is 1. The molecule has 2 aliphatic heterocycles. The van der Waals surface area contributed by atoms with Crippen LogP contribution in [0.4, 0.5) is 9.59 Å². The Morgan fingerprint density at radius 3 is 2.92 bits per heavy atom. The molecule has 2 saturated heterocycles.